The Morgan fingerprint density at radius 2 is 1.00 bits per heavy atom. The van der Waals surface area contributed by atoms with Crippen molar-refractivity contribution in [3.63, 3.8) is 0 Å². The van der Waals surface area contributed by atoms with Crippen molar-refractivity contribution < 1.29 is 4.11 Å². The Hall–Kier alpha value is -1.28. The van der Waals surface area contributed by atoms with Crippen LogP contribution in [0.15, 0.2) is 60.7 Å². The molecule has 2 aromatic rings. The first-order chi connectivity index (χ1) is 11.9. The van der Waals surface area contributed by atoms with Crippen molar-refractivity contribution in [2.45, 2.75) is 58.2 Å². The molecule has 0 unspecified atom stereocenters. The van der Waals surface area contributed by atoms with Crippen molar-refractivity contribution in [3.05, 3.63) is 60.7 Å². The summed E-state index contributed by atoms with van der Waals surface area (Å²) in [6.45, 7) is 15.8. The monoisotopic (exact) mass is 388 g/mol. The summed E-state index contributed by atoms with van der Waals surface area (Å²) in [6.07, 6.45) is 0. The molecular formula is C21H33FN2Si2. The van der Waals surface area contributed by atoms with Gasteiger partial charge in [0.05, 0.1) is 0 Å². The van der Waals surface area contributed by atoms with Crippen LogP contribution >= 0.6 is 0 Å². The first-order valence-electron chi connectivity index (χ1n) is 9.26. The highest BCUT2D eigenvalue weighted by Gasteiger charge is 2.51. The molecule has 142 valence electrons. The first-order valence-corrected chi connectivity index (χ1v) is 13.6. The normalized spacial score (nSPS) is 13.7. The number of hydrazine groups is 1. The smallest absolute Gasteiger partial charge is 0.281 e. The molecule has 0 fully saturated rings. The molecule has 0 amide bonds. The molecule has 0 aliphatic carbocycles. The Bertz CT molecular complexity index is 653. The summed E-state index contributed by atoms with van der Waals surface area (Å²) in [5, 5.41) is 8.46. The van der Waals surface area contributed by atoms with Crippen molar-refractivity contribution in [1.82, 2.24) is 10.2 Å². The Labute approximate surface area is 160 Å². The molecule has 0 heterocycles. The molecule has 0 atom stereocenters. The Kier molecular flexibility index (Phi) is 5.97. The highest BCUT2D eigenvalue weighted by atomic mass is 28.4. The number of benzene rings is 2. The minimum atomic E-state index is -3.60. The Morgan fingerprint density at radius 3 is 1.31 bits per heavy atom. The van der Waals surface area contributed by atoms with Gasteiger partial charge in [-0.05, 0) is 20.4 Å². The van der Waals surface area contributed by atoms with Crippen molar-refractivity contribution >= 4 is 27.2 Å². The van der Waals surface area contributed by atoms with Gasteiger partial charge >= 0.3 is 8.57 Å². The molecule has 0 radical (unpaired) electrons. The summed E-state index contributed by atoms with van der Waals surface area (Å²) in [7, 11) is -5.69. The number of hydrogen-bond acceptors (Lipinski definition) is 2. The van der Waals surface area contributed by atoms with Crippen LogP contribution in [-0.4, -0.2) is 16.8 Å². The fourth-order valence-electron chi connectivity index (χ4n) is 3.36. The van der Waals surface area contributed by atoms with Gasteiger partial charge in [-0.3, -0.25) is 14.3 Å². The predicted molar refractivity (Wildman–Crippen MR) is 116 cm³/mol. The van der Waals surface area contributed by atoms with E-state index in [1.54, 1.807) is 0 Å². The van der Waals surface area contributed by atoms with E-state index in [9.17, 15) is 0 Å². The third-order valence-electron chi connectivity index (χ3n) is 5.83. The van der Waals surface area contributed by atoms with E-state index in [-0.39, 0.29) is 10.1 Å². The molecule has 2 N–H and O–H groups in total. The molecule has 5 heteroatoms. The van der Waals surface area contributed by atoms with Gasteiger partial charge in [-0.15, -0.1) is 0 Å². The van der Waals surface area contributed by atoms with Gasteiger partial charge in [0, 0.05) is 0 Å². The van der Waals surface area contributed by atoms with Crippen LogP contribution < -0.4 is 20.6 Å². The molecule has 0 bridgehead atoms. The summed E-state index contributed by atoms with van der Waals surface area (Å²) in [5.74, 6) is 0. The standard InChI is InChI=1S/C21H33FN2Si2/c1-20(2,3)25(7,21(4,5)6)23-24-26(22,18-14-10-8-11-15-18)19-16-12-9-13-17-19/h8-17,23-24H,1-7H3. The first kappa shape index (κ1) is 21.0. The highest BCUT2D eigenvalue weighted by Crippen LogP contribution is 2.48. The molecule has 0 saturated carbocycles. The minimum Gasteiger partial charge on any atom is -0.281 e. The zero-order valence-electron chi connectivity index (χ0n) is 17.2. The molecule has 2 aromatic carbocycles. The van der Waals surface area contributed by atoms with Crippen LogP contribution in [0.25, 0.3) is 0 Å². The van der Waals surface area contributed by atoms with E-state index in [1.807, 2.05) is 60.7 Å². The zero-order valence-corrected chi connectivity index (χ0v) is 19.2. The maximum absolute atomic E-state index is 16.6. The number of rotatable bonds is 5. The number of hydrogen-bond donors (Lipinski definition) is 2. The summed E-state index contributed by atoms with van der Waals surface area (Å²) in [4.78, 5) is 0. The molecule has 0 spiro atoms. The largest absolute Gasteiger partial charge is 0.395 e. The van der Waals surface area contributed by atoms with Crippen molar-refractivity contribution in [3.8, 4) is 0 Å². The lowest BCUT2D eigenvalue weighted by Crippen LogP contribution is -2.76. The average Bonchev–Trinajstić information content (AvgIpc) is 2.59. The lowest BCUT2D eigenvalue weighted by Gasteiger charge is -2.50. The summed E-state index contributed by atoms with van der Waals surface area (Å²) in [5.41, 5.74) is 0. The van der Waals surface area contributed by atoms with E-state index in [4.69, 9.17) is 0 Å². The van der Waals surface area contributed by atoms with Crippen LogP contribution in [-0.2, 0) is 0 Å². The molecule has 0 aromatic heterocycles. The fraction of sp³-hybridized carbons (Fsp3) is 0.429. The van der Waals surface area contributed by atoms with Crippen molar-refractivity contribution in [1.29, 1.82) is 0 Å². The highest BCUT2D eigenvalue weighted by molar-refractivity contribution is 6.95. The Morgan fingerprint density at radius 1 is 0.654 bits per heavy atom. The van der Waals surface area contributed by atoms with Crippen LogP contribution in [0.1, 0.15) is 41.5 Å². The van der Waals surface area contributed by atoms with Gasteiger partial charge in [0.15, 0.2) is 0 Å². The van der Waals surface area contributed by atoms with Gasteiger partial charge < -0.3 is 0 Å². The van der Waals surface area contributed by atoms with E-state index in [0.29, 0.717) is 0 Å². The second-order valence-electron chi connectivity index (χ2n) is 9.27. The number of halogens is 1. The second-order valence-corrected chi connectivity index (χ2v) is 17.5. The van der Waals surface area contributed by atoms with E-state index in [2.05, 4.69) is 58.3 Å². The van der Waals surface area contributed by atoms with Crippen LogP contribution in [0.4, 0.5) is 4.11 Å². The topological polar surface area (TPSA) is 24.1 Å². The van der Waals surface area contributed by atoms with E-state index in [1.165, 1.54) is 0 Å². The average molecular weight is 389 g/mol. The summed E-state index contributed by atoms with van der Waals surface area (Å²) in [6, 6.07) is 19.1. The fourth-order valence-corrected chi connectivity index (χ4v) is 9.97. The van der Waals surface area contributed by atoms with Crippen LogP contribution in [0.5, 0.6) is 0 Å². The van der Waals surface area contributed by atoms with Crippen molar-refractivity contribution in [2.24, 2.45) is 0 Å². The zero-order chi connectivity index (χ0) is 19.6. The molecule has 0 aliphatic rings. The second kappa shape index (κ2) is 7.39. The lowest BCUT2D eigenvalue weighted by molar-refractivity contribution is 0.568. The quantitative estimate of drug-likeness (QED) is 0.448. The minimum absolute atomic E-state index is 0.0704. The van der Waals surface area contributed by atoms with Gasteiger partial charge in [0.25, 0.3) is 0 Å². The predicted octanol–water partition coefficient (Wildman–Crippen LogP) is 4.48. The van der Waals surface area contributed by atoms with E-state index < -0.39 is 16.8 Å². The van der Waals surface area contributed by atoms with E-state index >= 15 is 4.11 Å². The Balaban J connectivity index is 2.46. The molecule has 0 saturated heterocycles. The van der Waals surface area contributed by atoms with Gasteiger partial charge in [-0.25, -0.2) is 0 Å². The van der Waals surface area contributed by atoms with Crippen LogP contribution in [0.2, 0.25) is 16.6 Å². The SMILES string of the molecule is CC(C)(C)[Si](C)(NN[Si](F)(c1ccccc1)c1ccccc1)C(C)(C)C. The molecule has 26 heavy (non-hydrogen) atoms. The maximum atomic E-state index is 16.6. The third-order valence-corrected chi connectivity index (χ3v) is 15.4. The third kappa shape index (κ3) is 4.01. The van der Waals surface area contributed by atoms with E-state index in [0.717, 1.165) is 10.4 Å². The molecule has 2 rings (SSSR count). The van der Waals surface area contributed by atoms with Crippen LogP contribution in [0, 0.1) is 0 Å². The van der Waals surface area contributed by atoms with Gasteiger partial charge in [-0.1, -0.05) is 109 Å². The van der Waals surface area contributed by atoms with Gasteiger partial charge in [0.1, 0.15) is 8.24 Å². The summed E-state index contributed by atoms with van der Waals surface area (Å²) >= 11 is 0. The number of nitrogens with one attached hydrogen (secondary N) is 2. The van der Waals surface area contributed by atoms with Crippen molar-refractivity contribution in [2.75, 3.05) is 0 Å². The molecule has 0 aliphatic heterocycles. The van der Waals surface area contributed by atoms with Gasteiger partial charge in [-0.2, -0.15) is 0 Å². The lowest BCUT2D eigenvalue weighted by atomic mass is 10.2. The summed E-state index contributed by atoms with van der Waals surface area (Å²) < 4.78 is 16.6. The van der Waals surface area contributed by atoms with Crippen LogP contribution in [0.3, 0.4) is 0 Å². The maximum Gasteiger partial charge on any atom is 0.395 e. The molecule has 2 nitrogen and oxygen atoms in total. The molecular weight excluding hydrogens is 355 g/mol. The van der Waals surface area contributed by atoms with Gasteiger partial charge in [0.2, 0.25) is 0 Å².